The number of esters is 1. The SMILES string of the molecule is CCOC(=O)c1[nH]c(C)c(C(=O)C(C)N(CC)C(=O)c2ccc(OC)cc2)c1C. The second kappa shape index (κ2) is 9.41. The minimum atomic E-state index is -0.696. The lowest BCUT2D eigenvalue weighted by Gasteiger charge is -2.27. The number of aryl methyl sites for hydroxylation is 1. The molecular weight excluding hydrogens is 372 g/mol. The fourth-order valence-electron chi connectivity index (χ4n) is 3.37. The van der Waals surface area contributed by atoms with E-state index < -0.39 is 12.0 Å². The van der Waals surface area contributed by atoms with E-state index in [0.717, 1.165) is 0 Å². The van der Waals surface area contributed by atoms with E-state index in [1.165, 1.54) is 4.90 Å². The number of hydrogen-bond acceptors (Lipinski definition) is 5. The molecule has 1 atom stereocenters. The fraction of sp³-hybridized carbons (Fsp3) is 0.409. The topological polar surface area (TPSA) is 88.7 Å². The second-order valence-corrected chi connectivity index (χ2v) is 6.71. The number of hydrogen-bond donors (Lipinski definition) is 1. The van der Waals surface area contributed by atoms with Gasteiger partial charge in [-0.25, -0.2) is 4.79 Å². The van der Waals surface area contributed by atoms with Crippen LogP contribution >= 0.6 is 0 Å². The van der Waals surface area contributed by atoms with E-state index in [1.807, 2.05) is 6.92 Å². The first-order chi connectivity index (χ1) is 13.8. The third-order valence-corrected chi connectivity index (χ3v) is 4.95. The van der Waals surface area contributed by atoms with Crippen molar-refractivity contribution in [2.24, 2.45) is 0 Å². The summed E-state index contributed by atoms with van der Waals surface area (Å²) >= 11 is 0. The lowest BCUT2D eigenvalue weighted by atomic mass is 9.99. The molecule has 0 aliphatic rings. The highest BCUT2D eigenvalue weighted by Gasteiger charge is 2.31. The number of nitrogens with one attached hydrogen (secondary N) is 1. The normalized spacial score (nSPS) is 11.7. The van der Waals surface area contributed by atoms with Crippen molar-refractivity contribution in [2.75, 3.05) is 20.3 Å². The molecule has 1 heterocycles. The van der Waals surface area contributed by atoms with Gasteiger partial charge in [-0.15, -0.1) is 0 Å². The van der Waals surface area contributed by atoms with Gasteiger partial charge in [-0.05, 0) is 64.4 Å². The van der Waals surface area contributed by atoms with Crippen LogP contribution in [0.5, 0.6) is 5.75 Å². The van der Waals surface area contributed by atoms with Crippen LogP contribution in [0.3, 0.4) is 0 Å². The van der Waals surface area contributed by atoms with E-state index in [-0.39, 0.29) is 24.0 Å². The van der Waals surface area contributed by atoms with Crippen molar-refractivity contribution in [1.29, 1.82) is 0 Å². The Morgan fingerprint density at radius 2 is 1.72 bits per heavy atom. The molecule has 0 radical (unpaired) electrons. The van der Waals surface area contributed by atoms with Crippen LogP contribution in [-0.2, 0) is 4.74 Å². The highest BCUT2D eigenvalue weighted by atomic mass is 16.5. The van der Waals surface area contributed by atoms with Gasteiger partial charge in [0.25, 0.3) is 5.91 Å². The molecule has 0 fully saturated rings. The van der Waals surface area contributed by atoms with Crippen molar-refractivity contribution in [3.8, 4) is 5.75 Å². The standard InChI is InChI=1S/C22H28N2O5/c1-7-24(21(26)16-9-11-17(28-6)12-10-16)15(5)20(25)18-13(3)19(23-14(18)4)22(27)29-8-2/h9-12,15,23H,7-8H2,1-6H3. The van der Waals surface area contributed by atoms with Crippen molar-refractivity contribution >= 4 is 17.7 Å². The largest absolute Gasteiger partial charge is 0.497 e. The van der Waals surface area contributed by atoms with Crippen LogP contribution in [0.15, 0.2) is 24.3 Å². The third-order valence-electron chi connectivity index (χ3n) is 4.95. The summed E-state index contributed by atoms with van der Waals surface area (Å²) in [6.45, 7) is 9.30. The summed E-state index contributed by atoms with van der Waals surface area (Å²) in [4.78, 5) is 42.8. The molecule has 1 amide bonds. The van der Waals surface area contributed by atoms with Crippen molar-refractivity contribution < 1.29 is 23.9 Å². The smallest absolute Gasteiger partial charge is 0.355 e. The molecule has 0 aliphatic heterocycles. The van der Waals surface area contributed by atoms with Crippen LogP contribution in [0.2, 0.25) is 0 Å². The highest BCUT2D eigenvalue weighted by molar-refractivity contribution is 6.07. The van der Waals surface area contributed by atoms with Gasteiger partial charge in [-0.2, -0.15) is 0 Å². The van der Waals surface area contributed by atoms with E-state index in [2.05, 4.69) is 4.98 Å². The zero-order valence-electron chi connectivity index (χ0n) is 17.8. The molecule has 1 unspecified atom stereocenters. The number of likely N-dealkylation sites (N-methyl/N-ethyl adjacent to an activating group) is 1. The van der Waals surface area contributed by atoms with Gasteiger partial charge in [0, 0.05) is 23.4 Å². The Hall–Kier alpha value is -3.09. The zero-order valence-corrected chi connectivity index (χ0v) is 17.8. The fourth-order valence-corrected chi connectivity index (χ4v) is 3.37. The van der Waals surface area contributed by atoms with Crippen molar-refractivity contribution in [2.45, 2.75) is 40.7 Å². The summed E-state index contributed by atoms with van der Waals surface area (Å²) in [5, 5.41) is 0. The first-order valence-electron chi connectivity index (χ1n) is 9.62. The molecule has 1 aromatic carbocycles. The number of nitrogens with zero attached hydrogens (tertiary/aromatic N) is 1. The number of carbonyl (C=O) groups excluding carboxylic acids is 3. The van der Waals surface area contributed by atoms with Gasteiger partial charge < -0.3 is 19.4 Å². The molecule has 0 saturated heterocycles. The molecule has 7 nitrogen and oxygen atoms in total. The molecule has 0 saturated carbocycles. The molecule has 0 spiro atoms. The Labute approximate surface area is 171 Å². The molecule has 7 heteroatoms. The van der Waals surface area contributed by atoms with E-state index in [9.17, 15) is 14.4 Å². The maximum atomic E-state index is 13.2. The maximum Gasteiger partial charge on any atom is 0.355 e. The number of H-pyrrole nitrogens is 1. The molecule has 1 N–H and O–H groups in total. The van der Waals surface area contributed by atoms with Crippen LogP contribution < -0.4 is 4.74 Å². The van der Waals surface area contributed by atoms with Gasteiger partial charge >= 0.3 is 5.97 Å². The number of amides is 1. The Kier molecular flexibility index (Phi) is 7.20. The molecule has 0 bridgehead atoms. The highest BCUT2D eigenvalue weighted by Crippen LogP contribution is 2.23. The summed E-state index contributed by atoms with van der Waals surface area (Å²) in [6.07, 6.45) is 0. The van der Waals surface area contributed by atoms with Gasteiger partial charge in [0.2, 0.25) is 0 Å². The summed E-state index contributed by atoms with van der Waals surface area (Å²) in [5.74, 6) is -0.316. The van der Waals surface area contributed by atoms with E-state index in [0.29, 0.717) is 34.7 Å². The molecular formula is C22H28N2O5. The average molecular weight is 400 g/mol. The Balaban J connectivity index is 2.31. The maximum absolute atomic E-state index is 13.2. The number of ketones is 1. The first-order valence-corrected chi connectivity index (χ1v) is 9.62. The second-order valence-electron chi connectivity index (χ2n) is 6.71. The van der Waals surface area contributed by atoms with Gasteiger partial charge in [-0.3, -0.25) is 9.59 Å². The molecule has 2 rings (SSSR count). The van der Waals surface area contributed by atoms with Crippen LogP contribution in [0.1, 0.15) is 63.2 Å². The average Bonchev–Trinajstić information content (AvgIpc) is 3.02. The van der Waals surface area contributed by atoms with Crippen LogP contribution in [0.4, 0.5) is 0 Å². The van der Waals surface area contributed by atoms with Crippen LogP contribution in [0.25, 0.3) is 0 Å². The number of ether oxygens (including phenoxy) is 2. The van der Waals surface area contributed by atoms with Gasteiger partial charge in [0.05, 0.1) is 19.8 Å². The number of methoxy groups -OCH3 is 1. The Morgan fingerprint density at radius 1 is 1.10 bits per heavy atom. The quantitative estimate of drug-likeness (QED) is 0.541. The predicted molar refractivity (Wildman–Crippen MR) is 110 cm³/mol. The monoisotopic (exact) mass is 400 g/mol. The molecule has 2 aromatic rings. The van der Waals surface area contributed by atoms with E-state index in [1.54, 1.807) is 59.1 Å². The number of benzene rings is 1. The lowest BCUT2D eigenvalue weighted by Crippen LogP contribution is -2.43. The number of aromatic nitrogens is 1. The summed E-state index contributed by atoms with van der Waals surface area (Å²) < 4.78 is 10.2. The molecule has 29 heavy (non-hydrogen) atoms. The molecule has 156 valence electrons. The van der Waals surface area contributed by atoms with Gasteiger partial charge in [-0.1, -0.05) is 0 Å². The van der Waals surface area contributed by atoms with Crippen LogP contribution in [-0.4, -0.2) is 53.8 Å². The first kappa shape index (κ1) is 22.2. The molecule has 1 aromatic heterocycles. The van der Waals surface area contributed by atoms with E-state index in [4.69, 9.17) is 9.47 Å². The van der Waals surface area contributed by atoms with Crippen molar-refractivity contribution in [1.82, 2.24) is 9.88 Å². The Morgan fingerprint density at radius 3 is 2.24 bits per heavy atom. The van der Waals surface area contributed by atoms with Crippen LogP contribution in [0, 0.1) is 13.8 Å². The summed E-state index contributed by atoms with van der Waals surface area (Å²) in [7, 11) is 1.56. The Bertz CT molecular complexity index is 899. The lowest BCUT2D eigenvalue weighted by molar-refractivity contribution is 0.0519. The zero-order chi connectivity index (χ0) is 21.7. The van der Waals surface area contributed by atoms with Crippen molar-refractivity contribution in [3.63, 3.8) is 0 Å². The number of Topliss-reactive ketones (excluding diaryl/α,β-unsaturated/α-hetero) is 1. The summed E-state index contributed by atoms with van der Waals surface area (Å²) in [6, 6.07) is 6.07. The number of aromatic amines is 1. The van der Waals surface area contributed by atoms with Gasteiger partial charge in [0.1, 0.15) is 11.4 Å². The van der Waals surface area contributed by atoms with E-state index >= 15 is 0 Å². The minimum Gasteiger partial charge on any atom is -0.497 e. The predicted octanol–water partition coefficient (Wildman–Crippen LogP) is 3.55. The number of rotatable bonds is 8. The molecule has 0 aliphatic carbocycles. The van der Waals surface area contributed by atoms with Gasteiger partial charge in [0.15, 0.2) is 5.78 Å². The third kappa shape index (κ3) is 4.50. The minimum absolute atomic E-state index is 0.226. The number of carbonyl (C=O) groups is 3. The summed E-state index contributed by atoms with van der Waals surface area (Å²) in [5.41, 5.74) is 2.27. The van der Waals surface area contributed by atoms with Crippen molar-refractivity contribution in [3.05, 3.63) is 52.3 Å².